The van der Waals surface area contributed by atoms with Crippen molar-refractivity contribution in [3.63, 3.8) is 0 Å². The molecule has 6 rings (SSSR count). The van der Waals surface area contributed by atoms with Crippen molar-refractivity contribution in [2.45, 2.75) is 81.7 Å². The molecule has 7 nitrogen and oxygen atoms in total. The van der Waals surface area contributed by atoms with Gasteiger partial charge in [0, 0.05) is 41.5 Å². The molecule has 1 unspecified atom stereocenters. The Kier molecular flexibility index (Phi) is 8.83. The van der Waals surface area contributed by atoms with E-state index in [1.165, 1.54) is 11.1 Å². The fourth-order valence-corrected chi connectivity index (χ4v) is 9.90. The zero-order chi connectivity index (χ0) is 32.1. The second kappa shape index (κ2) is 12.3. The van der Waals surface area contributed by atoms with Gasteiger partial charge in [0.25, 0.3) is 5.91 Å². The molecule has 1 amide bonds. The van der Waals surface area contributed by atoms with Gasteiger partial charge in [-0.2, -0.15) is 0 Å². The molecule has 244 valence electrons. The Hall–Kier alpha value is -2.52. The van der Waals surface area contributed by atoms with Crippen LogP contribution in [0.1, 0.15) is 74.4 Å². The predicted octanol–water partition coefficient (Wildman–Crippen LogP) is 5.95. The maximum Gasteiger partial charge on any atom is 0.262 e. The summed E-state index contributed by atoms with van der Waals surface area (Å²) in [6.45, 7) is 7.66. The number of allylic oxidation sites excluding steroid dienone is 1. The highest BCUT2D eigenvalue weighted by Crippen LogP contribution is 2.49. The van der Waals surface area contributed by atoms with Crippen LogP contribution in [0.3, 0.4) is 0 Å². The number of hydrogen-bond donors (Lipinski definition) is 2. The third kappa shape index (κ3) is 5.81. The van der Waals surface area contributed by atoms with Crippen LogP contribution in [0, 0.1) is 17.8 Å². The minimum atomic E-state index is -2.97. The van der Waals surface area contributed by atoms with Crippen molar-refractivity contribution in [3.8, 4) is 5.75 Å². The second-order valence-electron chi connectivity index (χ2n) is 13.9. The molecule has 2 aromatic rings. The van der Waals surface area contributed by atoms with Gasteiger partial charge < -0.3 is 19.5 Å². The van der Waals surface area contributed by atoms with Gasteiger partial charge in [-0.25, -0.2) is 4.21 Å². The number of hydrogen-bond acceptors (Lipinski definition) is 6. The van der Waals surface area contributed by atoms with Crippen LogP contribution in [0.2, 0.25) is 5.02 Å². The number of carbonyl (C=O) groups excluding carboxylic acids is 1. The molecule has 1 spiro atoms. The fraction of sp³-hybridized carbons (Fsp3) is 0.556. The van der Waals surface area contributed by atoms with E-state index in [9.17, 15) is 14.1 Å². The minimum absolute atomic E-state index is 0.0272. The molecule has 0 aromatic heterocycles. The number of aliphatic hydroxyl groups excluding tert-OH is 1. The Balaban J connectivity index is 1.47. The average Bonchev–Trinajstić information content (AvgIpc) is 3.14. The molecule has 1 fully saturated rings. The SMILES string of the molecule is C=S1(=O)NC(=O)c2ccc3c(c2)N(C[C@@H]2CC[C@H]2[C@](OC)([C@@H](C)O)/C=C/C[C@H](C)[C@H]1C)C[C@@]1(CCCc2cc(Cl)ccc21)CO3. The summed E-state index contributed by atoms with van der Waals surface area (Å²) < 4.78 is 29.4. The van der Waals surface area contributed by atoms with Gasteiger partial charge in [0.2, 0.25) is 0 Å². The highest BCUT2D eigenvalue weighted by Gasteiger charge is 2.51. The average molecular weight is 655 g/mol. The number of nitrogens with one attached hydrogen (secondary N) is 1. The van der Waals surface area contributed by atoms with Crippen LogP contribution >= 0.6 is 11.6 Å². The van der Waals surface area contributed by atoms with Crippen molar-refractivity contribution in [2.75, 3.05) is 31.7 Å². The van der Waals surface area contributed by atoms with E-state index < -0.39 is 27.3 Å². The van der Waals surface area contributed by atoms with Gasteiger partial charge in [0.1, 0.15) is 11.4 Å². The number of aliphatic hydroxyl groups is 1. The van der Waals surface area contributed by atoms with Crippen molar-refractivity contribution in [2.24, 2.45) is 17.8 Å². The lowest BCUT2D eigenvalue weighted by Crippen LogP contribution is -2.57. The van der Waals surface area contributed by atoms with E-state index in [1.807, 2.05) is 45.0 Å². The molecule has 2 N–H and O–H groups in total. The largest absolute Gasteiger partial charge is 0.490 e. The van der Waals surface area contributed by atoms with E-state index in [2.05, 4.69) is 33.7 Å². The molecule has 1 saturated carbocycles. The Bertz CT molecular complexity index is 1590. The first-order valence-electron chi connectivity index (χ1n) is 16.3. The maximum absolute atomic E-state index is 13.8. The maximum atomic E-state index is 13.8. The topological polar surface area (TPSA) is 88.1 Å². The molecule has 0 radical (unpaired) electrons. The van der Waals surface area contributed by atoms with Crippen molar-refractivity contribution in [1.29, 1.82) is 0 Å². The summed E-state index contributed by atoms with van der Waals surface area (Å²) in [5, 5.41) is 11.6. The number of ether oxygens (including phenoxy) is 2. The Labute approximate surface area is 273 Å². The Morgan fingerprint density at radius 1 is 1.22 bits per heavy atom. The van der Waals surface area contributed by atoms with E-state index in [1.54, 1.807) is 13.2 Å². The monoisotopic (exact) mass is 654 g/mol. The van der Waals surface area contributed by atoms with E-state index in [0.717, 1.165) is 55.1 Å². The Morgan fingerprint density at radius 3 is 2.73 bits per heavy atom. The lowest BCUT2D eigenvalue weighted by atomic mass is 9.62. The number of benzene rings is 2. The summed E-state index contributed by atoms with van der Waals surface area (Å²) in [6.07, 6.45) is 8.94. The van der Waals surface area contributed by atoms with Gasteiger partial charge in [0.15, 0.2) is 0 Å². The van der Waals surface area contributed by atoms with Crippen LogP contribution in [0.15, 0.2) is 48.6 Å². The summed E-state index contributed by atoms with van der Waals surface area (Å²) >= 11 is 6.44. The van der Waals surface area contributed by atoms with Crippen molar-refractivity contribution >= 4 is 38.8 Å². The molecular formula is C36H47ClN2O5S. The highest BCUT2D eigenvalue weighted by molar-refractivity contribution is 7.99. The van der Waals surface area contributed by atoms with Crippen LogP contribution in [-0.2, 0) is 26.3 Å². The van der Waals surface area contributed by atoms with Gasteiger partial charge in [-0.1, -0.05) is 36.7 Å². The number of methoxy groups -OCH3 is 1. The molecule has 2 heterocycles. The number of nitrogens with zero attached hydrogens (tertiary/aromatic N) is 1. The van der Waals surface area contributed by atoms with Gasteiger partial charge in [0.05, 0.1) is 28.1 Å². The van der Waals surface area contributed by atoms with E-state index in [4.69, 9.17) is 21.1 Å². The summed E-state index contributed by atoms with van der Waals surface area (Å²) in [5.41, 5.74) is 2.73. The number of fused-ring (bicyclic) bond motifs is 4. The van der Waals surface area contributed by atoms with Crippen molar-refractivity contribution in [3.05, 3.63) is 70.3 Å². The first-order valence-corrected chi connectivity index (χ1v) is 18.5. The third-order valence-corrected chi connectivity index (χ3v) is 13.7. The van der Waals surface area contributed by atoms with Crippen LogP contribution in [0.5, 0.6) is 5.75 Å². The molecule has 9 heteroatoms. The smallest absolute Gasteiger partial charge is 0.262 e. The van der Waals surface area contributed by atoms with Gasteiger partial charge >= 0.3 is 0 Å². The van der Waals surface area contributed by atoms with Crippen LogP contribution in [0.4, 0.5) is 5.69 Å². The summed E-state index contributed by atoms with van der Waals surface area (Å²) in [6, 6.07) is 11.7. The number of amides is 1. The standard InChI is InChI=1S/C36H47ClN2O5S/c1-23-8-6-17-36(43-4,25(3)40)31-13-10-28(31)20-39-21-35(16-7-9-26-18-29(37)12-14-30(26)35)22-44-33-15-11-27(19-32(33)39)34(41)38-45(5,42)24(23)2/h6,11-12,14-15,17-19,23-25,28,31,40H,5,7-10,13,16,20-22H2,1-4H3,(H,38,41,42)/b17-6+/t23-,24+,25+,28-,31+,35-,36+,45?/m0/s1. The minimum Gasteiger partial charge on any atom is -0.490 e. The lowest BCUT2D eigenvalue weighted by molar-refractivity contribution is -0.136. The van der Waals surface area contributed by atoms with Crippen molar-refractivity contribution < 1.29 is 23.6 Å². The normalized spacial score (nSPS) is 36.4. The summed E-state index contributed by atoms with van der Waals surface area (Å²) in [5.74, 6) is 4.64. The molecule has 8 atom stereocenters. The zero-order valence-corrected chi connectivity index (χ0v) is 28.5. The van der Waals surface area contributed by atoms with E-state index in [0.29, 0.717) is 25.1 Å². The molecule has 0 saturated heterocycles. The first-order chi connectivity index (χ1) is 21.4. The molecule has 2 bridgehead atoms. The van der Waals surface area contributed by atoms with E-state index >= 15 is 0 Å². The third-order valence-electron chi connectivity index (χ3n) is 11.3. The fourth-order valence-electron chi connectivity index (χ4n) is 8.23. The van der Waals surface area contributed by atoms with Crippen LogP contribution in [-0.4, -0.2) is 64.9 Å². The Morgan fingerprint density at radius 2 is 2.02 bits per heavy atom. The molecule has 2 aliphatic heterocycles. The molecule has 2 aliphatic carbocycles. The highest BCUT2D eigenvalue weighted by atomic mass is 35.5. The molecule has 45 heavy (non-hydrogen) atoms. The zero-order valence-electron chi connectivity index (χ0n) is 26.9. The number of carbonyl (C=O) groups is 1. The molecule has 4 aliphatic rings. The van der Waals surface area contributed by atoms with Gasteiger partial charge in [-0.05, 0) is 117 Å². The number of halogens is 1. The van der Waals surface area contributed by atoms with E-state index in [-0.39, 0.29) is 28.4 Å². The molecular weight excluding hydrogens is 608 g/mol. The second-order valence-corrected chi connectivity index (χ2v) is 16.8. The van der Waals surface area contributed by atoms with Crippen LogP contribution in [0.25, 0.3) is 0 Å². The predicted molar refractivity (Wildman–Crippen MR) is 183 cm³/mol. The van der Waals surface area contributed by atoms with Gasteiger partial charge in [-0.15, -0.1) is 0 Å². The van der Waals surface area contributed by atoms with Gasteiger partial charge in [-0.3, -0.25) is 9.52 Å². The number of anilines is 1. The number of rotatable bonds is 2. The van der Waals surface area contributed by atoms with Crippen molar-refractivity contribution in [1.82, 2.24) is 4.72 Å². The summed E-state index contributed by atoms with van der Waals surface area (Å²) in [4.78, 5) is 16.0. The van der Waals surface area contributed by atoms with Crippen LogP contribution < -0.4 is 14.4 Å². The quantitative estimate of drug-likeness (QED) is 0.307. The lowest BCUT2D eigenvalue weighted by Gasteiger charge is -2.51. The molecule has 2 aromatic carbocycles. The summed E-state index contributed by atoms with van der Waals surface area (Å²) in [7, 11) is -1.28. The first kappa shape index (κ1) is 32.4. The number of aryl methyl sites for hydroxylation is 1.